The van der Waals surface area contributed by atoms with Crippen molar-refractivity contribution in [2.24, 2.45) is 10.7 Å². The first-order chi connectivity index (χ1) is 22.4. The third kappa shape index (κ3) is 6.49. The van der Waals surface area contributed by atoms with Crippen molar-refractivity contribution in [1.29, 1.82) is 0 Å². The highest BCUT2D eigenvalue weighted by Gasteiger charge is 2.53. The molecule has 14 nitrogen and oxygen atoms in total. The molecule has 6 atom stereocenters. The molecule has 0 unspecified atom stereocenters. The number of carbonyl (C=O) groups excluding carboxylic acids is 3. The average Bonchev–Trinajstić information content (AvgIpc) is 3.51. The van der Waals surface area contributed by atoms with Crippen molar-refractivity contribution in [2.45, 2.75) is 43.4 Å². The molecule has 0 aliphatic carbocycles. The minimum atomic E-state index is -1.40. The van der Waals surface area contributed by atoms with Crippen LogP contribution >= 0.6 is 0 Å². The van der Waals surface area contributed by atoms with Crippen molar-refractivity contribution in [3.05, 3.63) is 113 Å². The van der Waals surface area contributed by atoms with Gasteiger partial charge >= 0.3 is 17.9 Å². The Labute approximate surface area is 263 Å². The molecule has 2 aliphatic rings. The molecule has 0 spiro atoms. The fraction of sp³-hybridized carbons (Fsp3) is 0.250. The van der Waals surface area contributed by atoms with Gasteiger partial charge in [-0.25, -0.2) is 19.1 Å². The summed E-state index contributed by atoms with van der Waals surface area (Å²) in [6, 6.07) is 24.8. The zero-order valence-corrected chi connectivity index (χ0v) is 24.5. The molecule has 0 radical (unpaired) electrons. The van der Waals surface area contributed by atoms with Gasteiger partial charge in [-0.05, 0) is 36.4 Å². The van der Waals surface area contributed by atoms with Gasteiger partial charge in [0.2, 0.25) is 0 Å². The van der Waals surface area contributed by atoms with Gasteiger partial charge in [-0.1, -0.05) is 59.8 Å². The van der Waals surface area contributed by atoms with Crippen LogP contribution in [0.5, 0.6) is 0 Å². The van der Waals surface area contributed by atoms with Gasteiger partial charge in [0, 0.05) is 7.11 Å². The highest BCUT2D eigenvalue weighted by molar-refractivity contribution is 5.91. The average molecular weight is 627 g/mol. The van der Waals surface area contributed by atoms with E-state index >= 15 is 0 Å². The van der Waals surface area contributed by atoms with E-state index in [1.54, 1.807) is 91.0 Å². The molecule has 1 aromatic heterocycles. The highest BCUT2D eigenvalue weighted by atomic mass is 16.7. The summed E-state index contributed by atoms with van der Waals surface area (Å²) >= 11 is 0. The topological polar surface area (TPSA) is 178 Å². The number of nitrogens with one attached hydrogen (secondary N) is 1. The summed E-state index contributed by atoms with van der Waals surface area (Å²) in [4.78, 5) is 44.4. The minimum absolute atomic E-state index is 0.0682. The molecule has 3 heterocycles. The van der Waals surface area contributed by atoms with Crippen LogP contribution in [-0.2, 0) is 30.2 Å². The molecule has 4 aromatic rings. The van der Waals surface area contributed by atoms with E-state index < -0.39 is 54.8 Å². The SMILES string of the molecule is CO[C@H]1O[C@H](Cn2nnc3c2NC=N[C@H]3N)[C@@H](OC(=O)c2ccccc2)[C@H](OC(=O)c2ccccc2)[C@H]1OC(=O)c1ccccc1. The Morgan fingerprint density at radius 1 is 0.783 bits per heavy atom. The zero-order chi connectivity index (χ0) is 32.0. The number of rotatable bonds is 9. The van der Waals surface area contributed by atoms with Crippen LogP contribution in [0.3, 0.4) is 0 Å². The first kappa shape index (κ1) is 30.6. The molecule has 14 heteroatoms. The van der Waals surface area contributed by atoms with Crippen LogP contribution in [0.1, 0.15) is 42.9 Å². The van der Waals surface area contributed by atoms with Crippen LogP contribution in [0.4, 0.5) is 5.82 Å². The maximum Gasteiger partial charge on any atom is 0.338 e. The number of hydrogen-bond acceptors (Lipinski definition) is 13. The standard InChI is InChI=1S/C32H30N6O8/c1-42-32-26(46-31(41)21-15-9-4-10-16-21)25(45-30(40)20-13-7-3-8-14-20)24(44-29(39)19-11-5-2-6-12-19)22(43-32)17-38-28-23(36-37-38)27(33)34-18-35-28/h2-16,18,22,24-27,32H,17,33H2,1H3,(H,34,35)/t22-,24-,25+,26-,27-,32+/m1/s1. The summed E-state index contributed by atoms with van der Waals surface area (Å²) in [7, 11) is 1.35. The summed E-state index contributed by atoms with van der Waals surface area (Å²) in [6.45, 7) is -0.0682. The third-order valence-corrected chi connectivity index (χ3v) is 7.41. The van der Waals surface area contributed by atoms with Gasteiger partial charge in [0.05, 0.1) is 29.6 Å². The summed E-state index contributed by atoms with van der Waals surface area (Å²) in [6.07, 6.45) is -5.72. The van der Waals surface area contributed by atoms with E-state index in [0.717, 1.165) is 0 Å². The van der Waals surface area contributed by atoms with Gasteiger partial charge in [-0.15, -0.1) is 5.10 Å². The fourth-order valence-corrected chi connectivity index (χ4v) is 5.14. The summed E-state index contributed by atoms with van der Waals surface area (Å²) in [5, 5.41) is 11.3. The van der Waals surface area contributed by atoms with E-state index in [9.17, 15) is 14.4 Å². The molecule has 1 fully saturated rings. The van der Waals surface area contributed by atoms with Gasteiger partial charge in [-0.3, -0.25) is 4.99 Å². The van der Waals surface area contributed by atoms with E-state index in [-0.39, 0.29) is 23.2 Å². The second-order valence-electron chi connectivity index (χ2n) is 10.4. The van der Waals surface area contributed by atoms with Crippen molar-refractivity contribution in [1.82, 2.24) is 15.0 Å². The Bertz CT molecular complexity index is 1700. The Hall–Kier alpha value is -5.44. The number of methoxy groups -OCH3 is 1. The smallest absolute Gasteiger partial charge is 0.338 e. The van der Waals surface area contributed by atoms with Crippen LogP contribution in [0.25, 0.3) is 0 Å². The quantitative estimate of drug-likeness (QED) is 0.205. The number of aromatic nitrogens is 3. The second kappa shape index (κ2) is 13.7. The van der Waals surface area contributed by atoms with E-state index in [4.69, 9.17) is 29.4 Å². The van der Waals surface area contributed by atoms with Crippen LogP contribution in [0.2, 0.25) is 0 Å². The van der Waals surface area contributed by atoms with Gasteiger partial charge in [0.15, 0.2) is 30.4 Å². The lowest BCUT2D eigenvalue weighted by atomic mass is 9.97. The van der Waals surface area contributed by atoms with E-state index in [1.165, 1.54) is 18.1 Å². The normalized spacial score (nSPS) is 23.4. The molecule has 6 rings (SSSR count). The monoisotopic (exact) mass is 626 g/mol. The number of nitrogens with two attached hydrogens (primary N) is 1. The largest absolute Gasteiger partial charge is 0.452 e. The third-order valence-electron chi connectivity index (χ3n) is 7.41. The number of esters is 3. The van der Waals surface area contributed by atoms with Crippen LogP contribution in [-0.4, -0.2) is 77.1 Å². The molecule has 2 aliphatic heterocycles. The zero-order valence-electron chi connectivity index (χ0n) is 24.5. The Kier molecular flexibility index (Phi) is 9.10. The lowest BCUT2D eigenvalue weighted by Gasteiger charge is -2.44. The van der Waals surface area contributed by atoms with Crippen LogP contribution in [0, 0.1) is 0 Å². The Balaban J connectivity index is 1.39. The summed E-state index contributed by atoms with van der Waals surface area (Å²) in [5.74, 6) is -1.75. The first-order valence-corrected chi connectivity index (χ1v) is 14.4. The van der Waals surface area contributed by atoms with Crippen molar-refractivity contribution in [3.8, 4) is 0 Å². The predicted octanol–water partition coefficient (Wildman–Crippen LogP) is 2.74. The molecule has 1 saturated heterocycles. The Morgan fingerprint density at radius 2 is 1.28 bits per heavy atom. The number of nitrogens with zero attached hydrogens (tertiary/aromatic N) is 4. The molecule has 0 bridgehead atoms. The van der Waals surface area contributed by atoms with Gasteiger partial charge in [0.25, 0.3) is 0 Å². The lowest BCUT2D eigenvalue weighted by molar-refractivity contribution is -0.289. The number of hydrogen-bond donors (Lipinski definition) is 2. The second-order valence-corrected chi connectivity index (χ2v) is 10.4. The van der Waals surface area contributed by atoms with Gasteiger partial charge in [-0.2, -0.15) is 0 Å². The maximum atomic E-state index is 13.5. The van der Waals surface area contributed by atoms with Crippen LogP contribution in [0.15, 0.2) is 96.0 Å². The van der Waals surface area contributed by atoms with Crippen molar-refractivity contribution in [3.63, 3.8) is 0 Å². The molecular formula is C32H30N6O8. The van der Waals surface area contributed by atoms with Crippen molar-refractivity contribution < 1.29 is 38.1 Å². The van der Waals surface area contributed by atoms with Gasteiger partial charge in [0.1, 0.15) is 18.0 Å². The summed E-state index contributed by atoms with van der Waals surface area (Å²) < 4.78 is 31.4. The van der Waals surface area contributed by atoms with E-state index in [0.29, 0.717) is 11.5 Å². The number of fused-ring (bicyclic) bond motifs is 1. The molecule has 236 valence electrons. The molecule has 3 aromatic carbocycles. The van der Waals surface area contributed by atoms with E-state index in [2.05, 4.69) is 20.6 Å². The number of ether oxygens (including phenoxy) is 5. The van der Waals surface area contributed by atoms with Gasteiger partial charge < -0.3 is 34.7 Å². The number of carbonyl (C=O) groups is 3. The first-order valence-electron chi connectivity index (χ1n) is 14.4. The number of aliphatic imine (C=N–C) groups is 1. The number of anilines is 1. The van der Waals surface area contributed by atoms with Crippen LogP contribution < -0.4 is 11.1 Å². The van der Waals surface area contributed by atoms with E-state index in [1.807, 2.05) is 0 Å². The molecule has 0 saturated carbocycles. The van der Waals surface area contributed by atoms with Crippen molar-refractivity contribution in [2.75, 3.05) is 12.4 Å². The lowest BCUT2D eigenvalue weighted by Crippen LogP contribution is -2.62. The molecule has 46 heavy (non-hydrogen) atoms. The highest BCUT2D eigenvalue weighted by Crippen LogP contribution is 2.33. The molecule has 3 N–H and O–H groups in total. The number of benzene rings is 3. The molecule has 0 amide bonds. The summed E-state index contributed by atoms with van der Waals surface area (Å²) in [5.41, 5.74) is 7.15. The predicted molar refractivity (Wildman–Crippen MR) is 162 cm³/mol. The molecular weight excluding hydrogens is 596 g/mol. The maximum absolute atomic E-state index is 13.5. The van der Waals surface area contributed by atoms with Crippen molar-refractivity contribution >= 4 is 30.1 Å². The Morgan fingerprint density at radius 3 is 1.80 bits per heavy atom. The minimum Gasteiger partial charge on any atom is -0.452 e. The fourth-order valence-electron chi connectivity index (χ4n) is 5.14.